The SMILES string of the molecule is O=C(O)C1CS(=O)(=O)CCN1C(=O)c1cc(Cl)c2c(c1)OCCCO2. The van der Waals surface area contributed by atoms with Crippen LogP contribution in [0.15, 0.2) is 12.1 Å². The Labute approximate surface area is 149 Å². The summed E-state index contributed by atoms with van der Waals surface area (Å²) in [6.45, 7) is 0.649. The summed E-state index contributed by atoms with van der Waals surface area (Å²) in [6.07, 6.45) is 0.666. The highest BCUT2D eigenvalue weighted by Gasteiger charge is 2.39. The first kappa shape index (κ1) is 17.8. The number of carboxylic acid groups (broad SMARTS) is 1. The zero-order chi connectivity index (χ0) is 18.2. The predicted octanol–water partition coefficient (Wildman–Crippen LogP) is 0.825. The van der Waals surface area contributed by atoms with Crippen LogP contribution in [0.25, 0.3) is 0 Å². The molecule has 2 heterocycles. The van der Waals surface area contributed by atoms with Crippen molar-refractivity contribution in [3.05, 3.63) is 22.7 Å². The van der Waals surface area contributed by atoms with Crippen molar-refractivity contribution in [2.45, 2.75) is 12.5 Å². The predicted molar refractivity (Wildman–Crippen MR) is 88.2 cm³/mol. The zero-order valence-electron chi connectivity index (χ0n) is 13.1. The fourth-order valence-corrected chi connectivity index (χ4v) is 4.49. The van der Waals surface area contributed by atoms with Crippen molar-refractivity contribution in [2.24, 2.45) is 0 Å². The monoisotopic (exact) mass is 389 g/mol. The van der Waals surface area contributed by atoms with Crippen LogP contribution in [-0.2, 0) is 14.6 Å². The number of rotatable bonds is 2. The summed E-state index contributed by atoms with van der Waals surface area (Å²) in [6, 6.07) is 1.39. The van der Waals surface area contributed by atoms with Crippen LogP contribution in [0, 0.1) is 0 Å². The second-order valence-electron chi connectivity index (χ2n) is 5.80. The van der Waals surface area contributed by atoms with E-state index >= 15 is 0 Å². The van der Waals surface area contributed by atoms with Crippen LogP contribution in [-0.4, -0.2) is 67.6 Å². The molecule has 1 aromatic carbocycles. The molecule has 1 aromatic rings. The number of ether oxygens (including phenoxy) is 2. The van der Waals surface area contributed by atoms with Crippen molar-refractivity contribution >= 4 is 33.3 Å². The first-order chi connectivity index (χ1) is 11.8. The van der Waals surface area contributed by atoms with E-state index < -0.39 is 33.5 Å². The van der Waals surface area contributed by atoms with Crippen LogP contribution in [0.5, 0.6) is 11.5 Å². The van der Waals surface area contributed by atoms with Gasteiger partial charge in [-0.3, -0.25) is 4.79 Å². The van der Waals surface area contributed by atoms with E-state index in [1.165, 1.54) is 12.1 Å². The minimum Gasteiger partial charge on any atom is -0.489 e. The molecule has 1 amide bonds. The Bertz CT molecular complexity index is 823. The molecule has 0 bridgehead atoms. The topological polar surface area (TPSA) is 110 Å². The summed E-state index contributed by atoms with van der Waals surface area (Å²) in [7, 11) is -3.50. The molecule has 0 spiro atoms. The molecular weight excluding hydrogens is 374 g/mol. The van der Waals surface area contributed by atoms with Gasteiger partial charge in [0.2, 0.25) is 0 Å². The third-order valence-corrected chi connectivity index (χ3v) is 5.94. The standard InChI is InChI=1S/C15H16ClNO7S/c16-10-6-9(7-12-13(10)24-4-1-3-23-12)14(18)17-2-5-25(21,22)8-11(17)15(19)20/h6-7,11H,1-5,8H2,(H,19,20). The quantitative estimate of drug-likeness (QED) is 0.797. The molecule has 0 aromatic heterocycles. The third-order valence-electron chi connectivity index (χ3n) is 4.03. The highest BCUT2D eigenvalue weighted by Crippen LogP contribution is 2.38. The number of carbonyl (C=O) groups excluding carboxylic acids is 1. The average molecular weight is 390 g/mol. The van der Waals surface area contributed by atoms with Crippen LogP contribution in [0.4, 0.5) is 0 Å². The normalized spacial score (nSPS) is 22.1. The van der Waals surface area contributed by atoms with Gasteiger partial charge in [-0.15, -0.1) is 0 Å². The number of carboxylic acids is 1. The number of halogens is 1. The molecule has 0 radical (unpaired) electrons. The van der Waals surface area contributed by atoms with Gasteiger partial charge in [0.25, 0.3) is 5.91 Å². The van der Waals surface area contributed by atoms with Gasteiger partial charge in [-0.1, -0.05) is 11.6 Å². The van der Waals surface area contributed by atoms with Crippen LogP contribution in [0.1, 0.15) is 16.8 Å². The Kier molecular flexibility index (Phi) is 4.79. The lowest BCUT2D eigenvalue weighted by molar-refractivity contribution is -0.141. The molecule has 1 fully saturated rings. The van der Waals surface area contributed by atoms with E-state index in [1.807, 2.05) is 0 Å². The molecule has 1 N–H and O–H groups in total. The second-order valence-corrected chi connectivity index (χ2v) is 8.44. The summed E-state index contributed by atoms with van der Waals surface area (Å²) >= 11 is 6.16. The average Bonchev–Trinajstić information content (AvgIpc) is 2.79. The van der Waals surface area contributed by atoms with E-state index in [9.17, 15) is 23.1 Å². The van der Waals surface area contributed by atoms with Crippen molar-refractivity contribution in [3.8, 4) is 11.5 Å². The summed E-state index contributed by atoms with van der Waals surface area (Å²) < 4.78 is 34.4. The number of sulfone groups is 1. The summed E-state index contributed by atoms with van der Waals surface area (Å²) in [4.78, 5) is 25.2. The Morgan fingerprint density at radius 1 is 1.24 bits per heavy atom. The maximum Gasteiger partial charge on any atom is 0.327 e. The van der Waals surface area contributed by atoms with Gasteiger partial charge in [-0.05, 0) is 12.1 Å². The molecule has 136 valence electrons. The number of benzene rings is 1. The minimum atomic E-state index is -3.50. The van der Waals surface area contributed by atoms with Crippen LogP contribution < -0.4 is 9.47 Å². The first-order valence-corrected chi connectivity index (χ1v) is 9.82. The van der Waals surface area contributed by atoms with E-state index in [1.54, 1.807) is 0 Å². The van der Waals surface area contributed by atoms with Crippen LogP contribution in [0.3, 0.4) is 0 Å². The van der Waals surface area contributed by atoms with E-state index in [-0.39, 0.29) is 22.9 Å². The molecule has 8 nitrogen and oxygen atoms in total. The summed E-state index contributed by atoms with van der Waals surface area (Å²) in [5.41, 5.74) is 0.125. The molecule has 2 aliphatic heterocycles. The molecule has 25 heavy (non-hydrogen) atoms. The number of aliphatic carboxylic acids is 1. The zero-order valence-corrected chi connectivity index (χ0v) is 14.7. The van der Waals surface area contributed by atoms with Gasteiger partial charge in [0.05, 0.1) is 29.7 Å². The maximum absolute atomic E-state index is 12.8. The Hall–Kier alpha value is -2.00. The van der Waals surface area contributed by atoms with Gasteiger partial charge in [0.1, 0.15) is 6.04 Å². The maximum atomic E-state index is 12.8. The van der Waals surface area contributed by atoms with Gasteiger partial charge in [0, 0.05) is 18.5 Å². The van der Waals surface area contributed by atoms with Crippen molar-refractivity contribution < 1.29 is 32.6 Å². The van der Waals surface area contributed by atoms with Crippen LogP contribution in [0.2, 0.25) is 5.02 Å². The van der Waals surface area contributed by atoms with Crippen molar-refractivity contribution in [2.75, 3.05) is 31.3 Å². The fourth-order valence-electron chi connectivity index (χ4n) is 2.77. The minimum absolute atomic E-state index is 0.125. The first-order valence-electron chi connectivity index (χ1n) is 7.62. The largest absolute Gasteiger partial charge is 0.489 e. The fraction of sp³-hybridized carbons (Fsp3) is 0.467. The molecule has 1 atom stereocenters. The van der Waals surface area contributed by atoms with Crippen molar-refractivity contribution in [3.63, 3.8) is 0 Å². The molecule has 1 unspecified atom stereocenters. The van der Waals surface area contributed by atoms with E-state index in [2.05, 4.69) is 0 Å². The molecule has 0 saturated carbocycles. The van der Waals surface area contributed by atoms with Gasteiger partial charge in [-0.25, -0.2) is 13.2 Å². The Morgan fingerprint density at radius 2 is 1.96 bits per heavy atom. The van der Waals surface area contributed by atoms with E-state index in [0.717, 1.165) is 4.90 Å². The molecular formula is C15H16ClNO7S. The smallest absolute Gasteiger partial charge is 0.327 e. The van der Waals surface area contributed by atoms with E-state index in [0.29, 0.717) is 31.1 Å². The summed E-state index contributed by atoms with van der Waals surface area (Å²) in [5, 5.41) is 9.47. The van der Waals surface area contributed by atoms with Crippen molar-refractivity contribution in [1.82, 2.24) is 4.90 Å². The Morgan fingerprint density at radius 3 is 2.68 bits per heavy atom. The summed E-state index contributed by atoms with van der Waals surface area (Å²) in [5.74, 6) is -2.21. The highest BCUT2D eigenvalue weighted by atomic mass is 35.5. The van der Waals surface area contributed by atoms with Crippen molar-refractivity contribution in [1.29, 1.82) is 0 Å². The second kappa shape index (κ2) is 6.72. The van der Waals surface area contributed by atoms with Crippen LogP contribution >= 0.6 is 11.6 Å². The number of hydrogen-bond donors (Lipinski definition) is 1. The number of amides is 1. The lowest BCUT2D eigenvalue weighted by atomic mass is 10.1. The van der Waals surface area contributed by atoms with Gasteiger partial charge >= 0.3 is 5.97 Å². The lowest BCUT2D eigenvalue weighted by Gasteiger charge is -2.32. The Balaban J connectivity index is 1.93. The van der Waals surface area contributed by atoms with E-state index in [4.69, 9.17) is 21.1 Å². The molecule has 1 saturated heterocycles. The molecule has 2 aliphatic rings. The lowest BCUT2D eigenvalue weighted by Crippen LogP contribution is -2.54. The molecule has 0 aliphatic carbocycles. The number of fused-ring (bicyclic) bond motifs is 1. The van der Waals surface area contributed by atoms with Gasteiger partial charge in [0.15, 0.2) is 21.3 Å². The number of hydrogen-bond acceptors (Lipinski definition) is 6. The molecule has 3 rings (SSSR count). The van der Waals surface area contributed by atoms with Gasteiger partial charge < -0.3 is 19.5 Å². The number of nitrogens with zero attached hydrogens (tertiary/aromatic N) is 1. The number of carbonyl (C=O) groups is 2. The third kappa shape index (κ3) is 3.67. The van der Waals surface area contributed by atoms with Gasteiger partial charge in [-0.2, -0.15) is 0 Å². The molecule has 10 heteroatoms. The highest BCUT2D eigenvalue weighted by molar-refractivity contribution is 7.91.